The van der Waals surface area contributed by atoms with Gasteiger partial charge >= 0.3 is 0 Å². The van der Waals surface area contributed by atoms with Crippen LogP contribution in [0.1, 0.15) is 138 Å². The second kappa shape index (κ2) is 26.9. The molecule has 0 spiro atoms. The van der Waals surface area contributed by atoms with E-state index in [1.165, 1.54) is 88.4 Å². The Kier molecular flexibility index (Phi) is 22.4. The molecule has 1 fully saturated rings. The number of nitrogens with two attached hydrogens (primary N) is 3. The van der Waals surface area contributed by atoms with Gasteiger partial charge in [0, 0.05) is 50.2 Å². The molecule has 2 aromatic carbocycles. The van der Waals surface area contributed by atoms with Gasteiger partial charge in [-0.25, -0.2) is 0 Å². The number of morpholine rings is 1. The molecule has 13 nitrogen and oxygen atoms in total. The van der Waals surface area contributed by atoms with E-state index in [-0.39, 0.29) is 31.0 Å². The quantitative estimate of drug-likeness (QED) is 0.0701. The molecule has 318 valence electrons. The van der Waals surface area contributed by atoms with Crippen LogP contribution in [0, 0.1) is 0 Å². The molecule has 2 aliphatic heterocycles. The van der Waals surface area contributed by atoms with Crippen molar-refractivity contribution < 1.29 is 29.0 Å². The van der Waals surface area contributed by atoms with Crippen LogP contribution < -0.4 is 32.7 Å². The van der Waals surface area contributed by atoms with E-state index >= 15 is 0 Å². The van der Waals surface area contributed by atoms with Crippen molar-refractivity contribution in [3.8, 4) is 0 Å². The lowest BCUT2D eigenvalue weighted by Gasteiger charge is -2.34. The summed E-state index contributed by atoms with van der Waals surface area (Å²) in [4.78, 5) is 52.6. The Bertz CT molecular complexity index is 1510. The maximum absolute atomic E-state index is 13.0. The summed E-state index contributed by atoms with van der Waals surface area (Å²) in [7, 11) is 1.72. The molecule has 0 radical (unpaired) electrons. The van der Waals surface area contributed by atoms with Gasteiger partial charge in [0.2, 0.25) is 5.91 Å². The third kappa shape index (κ3) is 16.5. The first-order valence-corrected chi connectivity index (χ1v) is 21.4. The highest BCUT2D eigenvalue weighted by Crippen LogP contribution is 2.28. The number of fused-ring (bicyclic) bond motifs is 1. The fraction of sp³-hybridized carbons (Fsp3) is 0.636. The summed E-state index contributed by atoms with van der Waals surface area (Å²) < 4.78 is 5.44. The zero-order chi connectivity index (χ0) is 41.4. The minimum atomic E-state index is -1.69. The molecule has 4 rings (SSSR count). The standard InChI is InChI=1S/C22H24N4O5.C22H47N3O/c1-25-12-14-4-7-16(10-17(14)21(25)29)26-8-9-31-19(22(26)30)18(27)20(28)24-15-5-2-13(11-23)3-6-15;1-2-3-4-5-6-7-8-9-10-11-12-13-14-17-20-25-22(26)21(24)18-15-16-19-23/h2-7,10,18-19,27H,8-9,11-12,23H2,1H3,(H,24,28);21H,2-20,23-24H2,1H3,(H,25,26)/t18-,19-;21-/m10/s1. The van der Waals surface area contributed by atoms with Gasteiger partial charge < -0.3 is 47.5 Å². The van der Waals surface area contributed by atoms with Crippen LogP contribution in [-0.4, -0.2) is 85.2 Å². The van der Waals surface area contributed by atoms with Crippen LogP contribution in [0.2, 0.25) is 0 Å². The molecule has 0 unspecified atom stereocenters. The number of nitrogens with one attached hydrogen (secondary N) is 2. The number of ether oxygens (including phenoxy) is 1. The summed E-state index contributed by atoms with van der Waals surface area (Å²) in [6.45, 7) is 5.03. The van der Waals surface area contributed by atoms with Crippen molar-refractivity contribution in [2.45, 2.75) is 147 Å². The first kappa shape index (κ1) is 47.5. The van der Waals surface area contributed by atoms with Crippen LogP contribution in [0.3, 0.4) is 0 Å². The van der Waals surface area contributed by atoms with E-state index in [4.69, 9.17) is 21.9 Å². The predicted octanol–water partition coefficient (Wildman–Crippen LogP) is 5.50. The largest absolute Gasteiger partial charge is 0.380 e. The molecule has 1 saturated heterocycles. The normalized spacial score (nSPS) is 16.1. The monoisotopic (exact) mass is 794 g/mol. The minimum absolute atomic E-state index is 0.00304. The van der Waals surface area contributed by atoms with Crippen molar-refractivity contribution in [2.75, 3.05) is 43.5 Å². The Morgan fingerprint density at radius 3 is 2.05 bits per heavy atom. The summed E-state index contributed by atoms with van der Waals surface area (Å²) >= 11 is 0. The Balaban J connectivity index is 0.000000312. The van der Waals surface area contributed by atoms with E-state index in [1.54, 1.807) is 48.3 Å². The van der Waals surface area contributed by atoms with E-state index in [0.717, 1.165) is 43.4 Å². The van der Waals surface area contributed by atoms with E-state index in [2.05, 4.69) is 17.6 Å². The molecule has 2 aromatic rings. The molecule has 2 aliphatic rings. The third-order valence-corrected chi connectivity index (χ3v) is 10.7. The van der Waals surface area contributed by atoms with Gasteiger partial charge in [-0.15, -0.1) is 0 Å². The number of benzene rings is 2. The van der Waals surface area contributed by atoms with Gasteiger partial charge in [-0.3, -0.25) is 19.2 Å². The zero-order valence-electron chi connectivity index (χ0n) is 34.7. The van der Waals surface area contributed by atoms with E-state index in [0.29, 0.717) is 36.6 Å². The molecular weight excluding hydrogens is 723 g/mol. The number of aliphatic hydroxyl groups is 1. The smallest absolute Gasteiger partial charge is 0.259 e. The Hall–Kier alpha value is -3.88. The summed E-state index contributed by atoms with van der Waals surface area (Å²) in [5.74, 6) is -1.39. The second-order valence-corrected chi connectivity index (χ2v) is 15.4. The highest BCUT2D eigenvalue weighted by Gasteiger charge is 2.40. The molecule has 13 heteroatoms. The van der Waals surface area contributed by atoms with Crippen LogP contribution in [0.4, 0.5) is 11.4 Å². The molecular formula is C44H71N7O6. The van der Waals surface area contributed by atoms with Gasteiger partial charge in [-0.05, 0) is 61.2 Å². The molecule has 2 heterocycles. The molecule has 57 heavy (non-hydrogen) atoms. The Labute approximate surface area is 340 Å². The number of carbonyl (C=O) groups excluding carboxylic acids is 4. The lowest BCUT2D eigenvalue weighted by Crippen LogP contribution is -2.55. The lowest BCUT2D eigenvalue weighted by atomic mass is 10.0. The molecule has 0 aromatic heterocycles. The number of carbonyl (C=O) groups is 4. The highest BCUT2D eigenvalue weighted by molar-refractivity contribution is 6.05. The highest BCUT2D eigenvalue weighted by atomic mass is 16.5. The van der Waals surface area contributed by atoms with Crippen molar-refractivity contribution in [2.24, 2.45) is 17.2 Å². The van der Waals surface area contributed by atoms with Crippen LogP contribution in [0.5, 0.6) is 0 Å². The zero-order valence-corrected chi connectivity index (χ0v) is 34.7. The second-order valence-electron chi connectivity index (χ2n) is 15.4. The fourth-order valence-electron chi connectivity index (χ4n) is 7.07. The number of rotatable bonds is 25. The predicted molar refractivity (Wildman–Crippen MR) is 228 cm³/mol. The van der Waals surface area contributed by atoms with Crippen LogP contribution >= 0.6 is 0 Å². The maximum Gasteiger partial charge on any atom is 0.259 e. The van der Waals surface area contributed by atoms with Gasteiger partial charge in [-0.1, -0.05) is 115 Å². The van der Waals surface area contributed by atoms with Crippen LogP contribution in [-0.2, 0) is 32.2 Å². The van der Waals surface area contributed by atoms with Gasteiger partial charge in [-0.2, -0.15) is 0 Å². The van der Waals surface area contributed by atoms with Crippen LogP contribution in [0.25, 0.3) is 0 Å². The average molecular weight is 794 g/mol. The number of amides is 4. The molecule has 3 atom stereocenters. The topological polar surface area (TPSA) is 206 Å². The molecule has 4 amide bonds. The summed E-state index contributed by atoms with van der Waals surface area (Å²) in [5.41, 5.74) is 20.2. The fourth-order valence-corrected chi connectivity index (χ4v) is 7.07. The third-order valence-electron chi connectivity index (χ3n) is 10.7. The number of unbranched alkanes of at least 4 members (excludes halogenated alkanes) is 14. The van der Waals surface area contributed by atoms with Crippen molar-refractivity contribution in [1.82, 2.24) is 10.2 Å². The maximum atomic E-state index is 13.0. The number of aliphatic hydroxyl groups excluding tert-OH is 1. The summed E-state index contributed by atoms with van der Waals surface area (Å²) in [5, 5.41) is 16.0. The Morgan fingerprint density at radius 2 is 1.46 bits per heavy atom. The SMILES string of the molecule is CCCCCCCCCCCCCCCCNC(=O)[C@@H](N)CCCCN.CN1Cc2ccc(N3CCO[C@H]([C@@H](O)C(=O)Nc4ccc(CN)cc4)C3=O)cc2C1=O. The molecule has 0 bridgehead atoms. The van der Waals surface area contributed by atoms with Crippen molar-refractivity contribution in [3.05, 3.63) is 59.2 Å². The summed E-state index contributed by atoms with van der Waals surface area (Å²) in [6.07, 6.45) is 18.5. The lowest BCUT2D eigenvalue weighted by molar-refractivity contribution is -0.150. The van der Waals surface area contributed by atoms with Gasteiger partial charge in [0.25, 0.3) is 17.7 Å². The average Bonchev–Trinajstić information content (AvgIpc) is 3.51. The molecule has 9 N–H and O–H groups in total. The number of anilines is 2. The Morgan fingerprint density at radius 1 is 0.842 bits per heavy atom. The van der Waals surface area contributed by atoms with E-state index < -0.39 is 24.0 Å². The first-order valence-electron chi connectivity index (χ1n) is 21.4. The van der Waals surface area contributed by atoms with Crippen molar-refractivity contribution in [3.63, 3.8) is 0 Å². The van der Waals surface area contributed by atoms with Crippen molar-refractivity contribution >= 4 is 35.0 Å². The van der Waals surface area contributed by atoms with Crippen molar-refractivity contribution in [1.29, 1.82) is 0 Å². The van der Waals surface area contributed by atoms with E-state index in [1.807, 2.05) is 6.07 Å². The molecule has 0 aliphatic carbocycles. The van der Waals surface area contributed by atoms with Gasteiger partial charge in [0.05, 0.1) is 12.6 Å². The van der Waals surface area contributed by atoms with E-state index in [9.17, 15) is 24.3 Å². The molecule has 0 saturated carbocycles. The van der Waals surface area contributed by atoms with Gasteiger partial charge in [0.15, 0.2) is 12.2 Å². The number of hydrogen-bond acceptors (Lipinski definition) is 9. The summed E-state index contributed by atoms with van der Waals surface area (Å²) in [6, 6.07) is 11.7. The number of nitrogens with zero attached hydrogens (tertiary/aromatic N) is 2. The van der Waals surface area contributed by atoms with Crippen LogP contribution in [0.15, 0.2) is 42.5 Å². The van der Waals surface area contributed by atoms with Gasteiger partial charge in [0.1, 0.15) is 0 Å². The minimum Gasteiger partial charge on any atom is -0.380 e. The number of hydrogen-bond donors (Lipinski definition) is 6. The first-order chi connectivity index (χ1) is 27.6.